The van der Waals surface area contributed by atoms with Gasteiger partial charge in [-0.25, -0.2) is 4.79 Å². The molecule has 0 radical (unpaired) electrons. The summed E-state index contributed by atoms with van der Waals surface area (Å²) in [5, 5.41) is 26.2. The molecular formula is C70H103NO13Si. The highest BCUT2D eigenvalue weighted by Gasteiger charge is 2.54. The summed E-state index contributed by atoms with van der Waals surface area (Å²) in [7, 11) is 2.10. The minimum atomic E-state index is -2.77. The second kappa shape index (κ2) is 32.0. The van der Waals surface area contributed by atoms with E-state index in [1.165, 1.54) is 15.3 Å². The third kappa shape index (κ3) is 17.6. The number of piperidine rings is 1. The lowest BCUT2D eigenvalue weighted by Crippen LogP contribution is -2.66. The molecule has 1 aliphatic carbocycles. The van der Waals surface area contributed by atoms with Crippen LogP contribution in [0.3, 0.4) is 0 Å². The number of amides is 1. The highest BCUT2D eigenvalue weighted by Crippen LogP contribution is 2.40. The number of hydrogen-bond acceptors (Lipinski definition) is 13. The Morgan fingerprint density at radius 2 is 1.46 bits per heavy atom. The van der Waals surface area contributed by atoms with Crippen molar-refractivity contribution in [1.82, 2.24) is 4.90 Å². The van der Waals surface area contributed by atoms with E-state index in [9.17, 15) is 29.4 Å². The lowest BCUT2D eigenvalue weighted by atomic mass is 9.78. The van der Waals surface area contributed by atoms with Gasteiger partial charge < -0.3 is 48.0 Å². The standard InChI is InChI=1S/C70H103NO13Si/c1-46-26-18-15-19-27-47(2)61(78-12)44-55-35-33-52(7)70(77,84-55)66(74)67(75)71-37-25-24-32-58(71)68(76)83-62(45-59(72)49(4)41-51(6)64(73)65(80-14)53(8)48(3)40-46)50(5)42-54-34-36-60(63(43-54)79-13)81-38-39-82-85(69(9,10)11,56-28-20-16-21-29-56)57-30-22-17-23-31-57/h15-23,26-31,41,46,48-50,52,54-55,58,60-65,73,77H,8,24-25,32-40,42-45H2,1-7,9-14H3/b19-15+,26-18+,47-27+,51-41+/t46-,48-,49-,50-,52-,54+,55+,58+,60-,61+,62+,63-,64-,65+,70-/m1/s1. The minimum Gasteiger partial charge on any atom is -0.460 e. The maximum atomic E-state index is 14.8. The monoisotopic (exact) mass is 1190 g/mol. The van der Waals surface area contributed by atoms with E-state index in [4.69, 9.17) is 32.8 Å². The molecule has 15 heteroatoms. The number of ketones is 2. The van der Waals surface area contributed by atoms with Crippen LogP contribution in [0.2, 0.25) is 5.04 Å². The number of benzene rings is 2. The van der Waals surface area contributed by atoms with Crippen molar-refractivity contribution in [3.05, 3.63) is 120 Å². The summed E-state index contributed by atoms with van der Waals surface area (Å²) < 4.78 is 44.5. The molecule has 14 nitrogen and oxygen atoms in total. The number of rotatable bonds is 13. The Kier molecular flexibility index (Phi) is 26.1. The highest BCUT2D eigenvalue weighted by atomic mass is 28.4. The second-order valence-electron chi connectivity index (χ2n) is 26.1. The van der Waals surface area contributed by atoms with Crippen LogP contribution < -0.4 is 10.4 Å². The minimum absolute atomic E-state index is 0.0107. The molecule has 2 aromatic carbocycles. The summed E-state index contributed by atoms with van der Waals surface area (Å²) in [6.45, 7) is 25.5. The van der Waals surface area contributed by atoms with Crippen LogP contribution in [0.4, 0.5) is 0 Å². The first-order chi connectivity index (χ1) is 40.4. The lowest BCUT2D eigenvalue weighted by molar-refractivity contribution is -0.265. The molecule has 0 spiro atoms. The first-order valence-electron chi connectivity index (χ1n) is 31.4. The number of carbonyl (C=O) groups excluding carboxylic acids is 4. The molecule has 4 aliphatic rings. The van der Waals surface area contributed by atoms with E-state index in [1.807, 2.05) is 50.3 Å². The van der Waals surface area contributed by atoms with E-state index in [-0.39, 0.29) is 66.1 Å². The first kappa shape index (κ1) is 69.4. The summed E-state index contributed by atoms with van der Waals surface area (Å²) in [5.41, 5.74) is 2.21. The number of hydrogen-bond donors (Lipinski definition) is 2. The van der Waals surface area contributed by atoms with E-state index in [0.717, 1.165) is 30.4 Å². The largest absolute Gasteiger partial charge is 0.460 e. The summed E-state index contributed by atoms with van der Waals surface area (Å²) in [6.07, 6.45) is 13.7. The second-order valence-corrected chi connectivity index (χ2v) is 30.4. The van der Waals surface area contributed by atoms with E-state index in [2.05, 4.69) is 95.8 Å². The summed E-state index contributed by atoms with van der Waals surface area (Å²) >= 11 is 0. The van der Waals surface area contributed by atoms with Gasteiger partial charge in [-0.15, -0.1) is 0 Å². The Balaban J connectivity index is 1.23. The van der Waals surface area contributed by atoms with Crippen LogP contribution in [0.25, 0.3) is 0 Å². The van der Waals surface area contributed by atoms with Gasteiger partial charge in [0.2, 0.25) is 5.79 Å². The molecule has 2 bridgehead atoms. The zero-order valence-corrected chi connectivity index (χ0v) is 54.5. The fourth-order valence-electron chi connectivity index (χ4n) is 13.6. The normalized spacial score (nSPS) is 34.0. The van der Waals surface area contributed by atoms with Crippen LogP contribution in [0.5, 0.6) is 0 Å². The van der Waals surface area contributed by atoms with Gasteiger partial charge in [0.05, 0.1) is 37.6 Å². The number of cyclic esters (lactones) is 1. The number of nitrogens with zero attached hydrogens (tertiary/aromatic N) is 1. The first-order valence-corrected chi connectivity index (χ1v) is 33.3. The predicted octanol–water partition coefficient (Wildman–Crippen LogP) is 10.8. The number of aliphatic hydroxyl groups is 2. The number of Topliss-reactive ketones (excluding diaryl/α,β-unsaturated/α-hetero) is 2. The molecule has 2 N–H and O–H groups in total. The van der Waals surface area contributed by atoms with Gasteiger partial charge in [-0.05, 0) is 134 Å². The molecule has 0 aromatic heterocycles. The highest BCUT2D eigenvalue weighted by molar-refractivity contribution is 6.99. The van der Waals surface area contributed by atoms with Crippen molar-refractivity contribution < 1.29 is 62.2 Å². The van der Waals surface area contributed by atoms with Gasteiger partial charge in [0.25, 0.3) is 20.0 Å². The van der Waals surface area contributed by atoms with Gasteiger partial charge >= 0.3 is 5.97 Å². The van der Waals surface area contributed by atoms with Crippen LogP contribution in [0.15, 0.2) is 120 Å². The van der Waals surface area contributed by atoms with E-state index >= 15 is 0 Å². The Labute approximate surface area is 509 Å². The number of carbonyl (C=O) groups is 4. The van der Waals surface area contributed by atoms with Crippen molar-refractivity contribution in [2.24, 2.45) is 35.5 Å². The Morgan fingerprint density at radius 3 is 2.08 bits per heavy atom. The summed E-state index contributed by atoms with van der Waals surface area (Å²) in [4.78, 5) is 59.6. The van der Waals surface area contributed by atoms with Gasteiger partial charge in [0, 0.05) is 52.6 Å². The van der Waals surface area contributed by atoms with E-state index < -0.39 is 80.2 Å². The summed E-state index contributed by atoms with van der Waals surface area (Å²) in [6, 6.07) is 20.0. The van der Waals surface area contributed by atoms with E-state index in [0.29, 0.717) is 63.7 Å². The fraction of sp³-hybridized carbons (Fsp3) is 0.629. The molecule has 3 heterocycles. The molecular weight excluding hydrogens is 1090 g/mol. The zero-order valence-electron chi connectivity index (χ0n) is 53.5. The van der Waals surface area contributed by atoms with Crippen molar-refractivity contribution in [2.75, 3.05) is 41.1 Å². The Morgan fingerprint density at radius 1 is 0.788 bits per heavy atom. The molecule has 3 aliphatic heterocycles. The van der Waals surface area contributed by atoms with Crippen molar-refractivity contribution in [1.29, 1.82) is 0 Å². The fourth-order valence-corrected chi connectivity index (χ4v) is 18.1. The predicted molar refractivity (Wildman–Crippen MR) is 337 cm³/mol. The lowest BCUT2D eigenvalue weighted by Gasteiger charge is -2.43. The maximum Gasteiger partial charge on any atom is 0.329 e. The number of methoxy groups -OCH3 is 3. The number of aliphatic hydroxyl groups excluding tert-OH is 1. The third-order valence-electron chi connectivity index (χ3n) is 18.8. The number of fused-ring (bicyclic) bond motifs is 3. The maximum absolute atomic E-state index is 14.8. The van der Waals surface area contributed by atoms with Gasteiger partial charge in [-0.3, -0.25) is 14.4 Å². The number of esters is 1. The molecule has 2 saturated heterocycles. The average Bonchev–Trinajstić information content (AvgIpc) is 2.70. The zero-order chi connectivity index (χ0) is 62.2. The Hall–Kier alpha value is -4.68. The van der Waals surface area contributed by atoms with Gasteiger partial charge in [-0.1, -0.05) is 159 Å². The van der Waals surface area contributed by atoms with Crippen LogP contribution >= 0.6 is 0 Å². The van der Waals surface area contributed by atoms with Gasteiger partial charge in [0.1, 0.15) is 30.1 Å². The van der Waals surface area contributed by atoms with Crippen LogP contribution in [0.1, 0.15) is 146 Å². The third-order valence-corrected chi connectivity index (χ3v) is 23.9. The quantitative estimate of drug-likeness (QED) is 0.0637. The van der Waals surface area contributed by atoms with Crippen molar-refractivity contribution >= 4 is 42.1 Å². The SMILES string of the molecule is C=C1[C@H](C)C[C@H](C)/C=C/C=C/C=C(\C)[C@@H](OC)C[C@@H]2CC[C@@H](C)[C@@](O)(O2)C(=O)C(=O)N2CCCC[C@H]2C(=O)O[C@H]([C@H](C)C[C@@H]2CC[C@@H](OCCO[Si](c3ccccc3)(c3ccccc3)C(C)(C)C)[C@H](OC)C2)CC(=O)[C@H](C)/C=C(\C)[C@@H](O)[C@H]1OC. The van der Waals surface area contributed by atoms with Crippen LogP contribution in [-0.4, -0.2) is 143 Å². The van der Waals surface area contributed by atoms with Crippen molar-refractivity contribution in [2.45, 2.75) is 206 Å². The molecule has 0 unspecified atom stereocenters. The summed E-state index contributed by atoms with van der Waals surface area (Å²) in [5.74, 6) is -6.89. The molecule has 15 atom stereocenters. The molecule has 470 valence electrons. The number of ether oxygens (including phenoxy) is 6. The van der Waals surface area contributed by atoms with Crippen molar-refractivity contribution in [3.8, 4) is 0 Å². The molecule has 3 fully saturated rings. The smallest absolute Gasteiger partial charge is 0.329 e. The average molecular weight is 1190 g/mol. The number of allylic oxidation sites excluding steroid dienone is 6. The Bertz CT molecular complexity index is 2590. The molecule has 1 amide bonds. The molecule has 85 heavy (non-hydrogen) atoms. The molecule has 2 aromatic rings. The van der Waals surface area contributed by atoms with Crippen LogP contribution in [-0.2, 0) is 52.0 Å². The topological polar surface area (TPSA) is 177 Å². The van der Waals surface area contributed by atoms with Crippen LogP contribution in [0, 0.1) is 35.5 Å². The van der Waals surface area contributed by atoms with Crippen molar-refractivity contribution in [3.63, 3.8) is 0 Å². The van der Waals surface area contributed by atoms with Gasteiger partial charge in [-0.2, -0.15) is 0 Å². The molecule has 6 rings (SSSR count). The molecule has 1 saturated carbocycles. The van der Waals surface area contributed by atoms with E-state index in [1.54, 1.807) is 48.2 Å². The van der Waals surface area contributed by atoms with Gasteiger partial charge in [0.15, 0.2) is 0 Å².